The standard InChI is InChI=1S/C13H24N2O3/c1-9-7-10(11(8-9)13(17)18)12(16)15(4)6-5-14(2)3/h9-11H,5-8H2,1-4H3,(H,17,18)/t9?,10-,11+/m0/s1. The van der Waals surface area contributed by atoms with Crippen LogP contribution < -0.4 is 0 Å². The minimum absolute atomic E-state index is 0.0198. The number of carboxylic acid groups (broad SMARTS) is 1. The van der Waals surface area contributed by atoms with Gasteiger partial charge in [-0.1, -0.05) is 6.92 Å². The fraction of sp³-hybridized carbons (Fsp3) is 0.846. The first kappa shape index (κ1) is 15.0. The number of rotatable bonds is 5. The van der Waals surface area contributed by atoms with Gasteiger partial charge in [-0.15, -0.1) is 0 Å². The molecule has 0 spiro atoms. The Morgan fingerprint density at radius 3 is 2.17 bits per heavy atom. The van der Waals surface area contributed by atoms with Crippen molar-refractivity contribution in [1.82, 2.24) is 9.80 Å². The molecule has 3 atom stereocenters. The smallest absolute Gasteiger partial charge is 0.307 e. The fourth-order valence-electron chi connectivity index (χ4n) is 2.58. The van der Waals surface area contributed by atoms with Gasteiger partial charge in [-0.05, 0) is 32.9 Å². The maximum absolute atomic E-state index is 12.3. The van der Waals surface area contributed by atoms with Crippen molar-refractivity contribution in [1.29, 1.82) is 0 Å². The Kier molecular flexibility index (Phi) is 5.14. The Balaban J connectivity index is 2.61. The topological polar surface area (TPSA) is 60.9 Å². The van der Waals surface area contributed by atoms with Gasteiger partial charge in [0.05, 0.1) is 11.8 Å². The number of aliphatic carboxylic acids is 1. The van der Waals surface area contributed by atoms with Crippen molar-refractivity contribution < 1.29 is 14.7 Å². The molecule has 0 saturated heterocycles. The van der Waals surface area contributed by atoms with Gasteiger partial charge in [-0.2, -0.15) is 0 Å². The summed E-state index contributed by atoms with van der Waals surface area (Å²) in [6.07, 6.45) is 1.31. The molecule has 0 bridgehead atoms. The number of amides is 1. The molecule has 0 aromatic rings. The molecule has 1 fully saturated rings. The van der Waals surface area contributed by atoms with E-state index in [0.29, 0.717) is 25.3 Å². The predicted octanol–water partition coefficient (Wildman–Crippen LogP) is 0.753. The first-order valence-corrected chi connectivity index (χ1v) is 6.45. The Hall–Kier alpha value is -1.10. The van der Waals surface area contributed by atoms with Crippen LogP contribution in [0.3, 0.4) is 0 Å². The SMILES string of the molecule is CC1C[C@H](C(=O)N(C)CCN(C)C)[C@H](C(=O)O)C1. The average Bonchev–Trinajstić information content (AvgIpc) is 2.67. The molecular formula is C13H24N2O3. The molecule has 1 amide bonds. The third kappa shape index (κ3) is 3.70. The Morgan fingerprint density at radius 2 is 1.67 bits per heavy atom. The molecule has 5 nitrogen and oxygen atoms in total. The van der Waals surface area contributed by atoms with Gasteiger partial charge in [-0.3, -0.25) is 9.59 Å². The monoisotopic (exact) mass is 256 g/mol. The first-order valence-electron chi connectivity index (χ1n) is 6.45. The third-order valence-corrected chi connectivity index (χ3v) is 3.69. The van der Waals surface area contributed by atoms with Gasteiger partial charge in [0.15, 0.2) is 0 Å². The highest BCUT2D eigenvalue weighted by Crippen LogP contribution is 2.37. The lowest BCUT2D eigenvalue weighted by molar-refractivity contribution is -0.148. The highest BCUT2D eigenvalue weighted by atomic mass is 16.4. The maximum Gasteiger partial charge on any atom is 0.307 e. The molecule has 104 valence electrons. The van der Waals surface area contributed by atoms with E-state index in [9.17, 15) is 14.7 Å². The second kappa shape index (κ2) is 6.18. The summed E-state index contributed by atoms with van der Waals surface area (Å²) in [7, 11) is 5.67. The van der Waals surface area contributed by atoms with E-state index in [1.165, 1.54) is 0 Å². The van der Waals surface area contributed by atoms with Crippen LogP contribution in [0.15, 0.2) is 0 Å². The van der Waals surface area contributed by atoms with Crippen molar-refractivity contribution in [2.24, 2.45) is 17.8 Å². The molecule has 1 rings (SSSR count). The molecule has 5 heteroatoms. The van der Waals surface area contributed by atoms with Crippen LogP contribution in [-0.2, 0) is 9.59 Å². The number of likely N-dealkylation sites (N-methyl/N-ethyl adjacent to an activating group) is 2. The predicted molar refractivity (Wildman–Crippen MR) is 69.2 cm³/mol. The van der Waals surface area contributed by atoms with Crippen LogP contribution in [0.1, 0.15) is 19.8 Å². The molecule has 1 aliphatic carbocycles. The zero-order valence-electron chi connectivity index (χ0n) is 11.7. The summed E-state index contributed by atoms with van der Waals surface area (Å²) in [6, 6.07) is 0. The van der Waals surface area contributed by atoms with Gasteiger partial charge in [0.2, 0.25) is 5.91 Å². The van der Waals surface area contributed by atoms with Crippen LogP contribution >= 0.6 is 0 Å². The van der Waals surface area contributed by atoms with Crippen molar-refractivity contribution >= 4 is 11.9 Å². The molecule has 0 radical (unpaired) electrons. The van der Waals surface area contributed by atoms with Crippen molar-refractivity contribution in [3.8, 4) is 0 Å². The van der Waals surface area contributed by atoms with E-state index in [2.05, 4.69) is 0 Å². The van der Waals surface area contributed by atoms with Gasteiger partial charge >= 0.3 is 5.97 Å². The summed E-state index contributed by atoms with van der Waals surface area (Å²) < 4.78 is 0. The molecule has 1 aliphatic rings. The van der Waals surface area contributed by atoms with E-state index < -0.39 is 11.9 Å². The molecule has 0 aromatic heterocycles. The number of hydrogen-bond acceptors (Lipinski definition) is 3. The van der Waals surface area contributed by atoms with Gasteiger partial charge in [0.25, 0.3) is 0 Å². The Morgan fingerprint density at radius 1 is 1.11 bits per heavy atom. The van der Waals surface area contributed by atoms with Gasteiger partial charge in [-0.25, -0.2) is 0 Å². The van der Waals surface area contributed by atoms with Crippen LogP contribution in [0.25, 0.3) is 0 Å². The second-order valence-electron chi connectivity index (χ2n) is 5.69. The summed E-state index contributed by atoms with van der Waals surface area (Å²) in [5.41, 5.74) is 0. The van der Waals surface area contributed by atoms with Crippen molar-refractivity contribution in [3.63, 3.8) is 0 Å². The average molecular weight is 256 g/mol. The molecule has 0 aromatic carbocycles. The van der Waals surface area contributed by atoms with Gasteiger partial charge in [0, 0.05) is 20.1 Å². The lowest BCUT2D eigenvalue weighted by atomic mass is 9.95. The van der Waals surface area contributed by atoms with Gasteiger partial charge < -0.3 is 14.9 Å². The molecule has 1 unspecified atom stereocenters. The summed E-state index contributed by atoms with van der Waals surface area (Å²) >= 11 is 0. The highest BCUT2D eigenvalue weighted by Gasteiger charge is 2.42. The van der Waals surface area contributed by atoms with Crippen LogP contribution in [-0.4, -0.2) is 61.0 Å². The van der Waals surface area contributed by atoms with Crippen molar-refractivity contribution in [3.05, 3.63) is 0 Å². The molecule has 18 heavy (non-hydrogen) atoms. The molecule has 1 saturated carbocycles. The number of hydrogen-bond donors (Lipinski definition) is 1. The fourth-order valence-corrected chi connectivity index (χ4v) is 2.58. The number of carbonyl (C=O) groups is 2. The zero-order chi connectivity index (χ0) is 13.9. The summed E-state index contributed by atoms with van der Waals surface area (Å²) in [5, 5.41) is 9.17. The minimum Gasteiger partial charge on any atom is -0.481 e. The van der Waals surface area contributed by atoms with Crippen LogP contribution in [0.5, 0.6) is 0 Å². The summed E-state index contributed by atoms with van der Waals surface area (Å²) in [6.45, 7) is 3.45. The molecule has 0 aliphatic heterocycles. The summed E-state index contributed by atoms with van der Waals surface area (Å²) in [5.74, 6) is -1.38. The van der Waals surface area contributed by atoms with Crippen molar-refractivity contribution in [2.45, 2.75) is 19.8 Å². The molecule has 1 N–H and O–H groups in total. The largest absolute Gasteiger partial charge is 0.481 e. The van der Waals surface area contributed by atoms with Crippen LogP contribution in [0, 0.1) is 17.8 Å². The lowest BCUT2D eigenvalue weighted by Crippen LogP contribution is -2.39. The van der Waals surface area contributed by atoms with E-state index >= 15 is 0 Å². The minimum atomic E-state index is -0.835. The van der Waals surface area contributed by atoms with Crippen LogP contribution in [0.4, 0.5) is 0 Å². The van der Waals surface area contributed by atoms with E-state index in [1.54, 1.807) is 11.9 Å². The Bertz CT molecular complexity index is 317. The number of nitrogens with zero attached hydrogens (tertiary/aromatic N) is 2. The third-order valence-electron chi connectivity index (χ3n) is 3.69. The van der Waals surface area contributed by atoms with Crippen molar-refractivity contribution in [2.75, 3.05) is 34.2 Å². The first-order chi connectivity index (χ1) is 8.32. The normalized spacial score (nSPS) is 27.5. The highest BCUT2D eigenvalue weighted by molar-refractivity contribution is 5.85. The second-order valence-corrected chi connectivity index (χ2v) is 5.69. The zero-order valence-corrected chi connectivity index (χ0v) is 11.7. The quantitative estimate of drug-likeness (QED) is 0.788. The van der Waals surface area contributed by atoms with E-state index in [1.807, 2.05) is 25.9 Å². The van der Waals surface area contributed by atoms with Gasteiger partial charge in [0.1, 0.15) is 0 Å². The number of carboxylic acids is 1. The van der Waals surface area contributed by atoms with E-state index in [0.717, 1.165) is 6.54 Å². The molecular weight excluding hydrogens is 232 g/mol. The van der Waals surface area contributed by atoms with E-state index in [4.69, 9.17) is 0 Å². The summed E-state index contributed by atoms with van der Waals surface area (Å²) in [4.78, 5) is 27.1. The number of carbonyl (C=O) groups excluding carboxylic acids is 1. The lowest BCUT2D eigenvalue weighted by Gasteiger charge is -2.24. The van der Waals surface area contributed by atoms with E-state index in [-0.39, 0.29) is 11.8 Å². The molecule has 0 heterocycles. The van der Waals surface area contributed by atoms with Crippen LogP contribution in [0.2, 0.25) is 0 Å². The maximum atomic E-state index is 12.3. The Labute approximate surface area is 109 Å².